The molecule has 0 aromatic rings. The molecule has 1 heterocycles. The summed E-state index contributed by atoms with van der Waals surface area (Å²) in [5.41, 5.74) is 0. The molecule has 1 rings (SSSR count). The number of allylic oxidation sites excluding steroid dienone is 1. The van der Waals surface area contributed by atoms with Crippen LogP contribution in [0.5, 0.6) is 0 Å². The van der Waals surface area contributed by atoms with Crippen LogP contribution in [-0.4, -0.2) is 20.5 Å². The quantitative estimate of drug-likeness (QED) is 0.390. The Morgan fingerprint density at radius 1 is 1.60 bits per heavy atom. The SMILES string of the molecule is O=S1(=O)CCC=CC(F)O1. The summed E-state index contributed by atoms with van der Waals surface area (Å²) in [5.74, 6) is -0.135. The molecule has 0 radical (unpaired) electrons. The van der Waals surface area contributed by atoms with Crippen LogP contribution in [0.1, 0.15) is 6.42 Å². The molecule has 0 aromatic carbocycles. The minimum absolute atomic E-state index is 0.135. The van der Waals surface area contributed by atoms with E-state index < -0.39 is 16.5 Å². The van der Waals surface area contributed by atoms with Crippen LogP contribution < -0.4 is 0 Å². The van der Waals surface area contributed by atoms with E-state index in [4.69, 9.17) is 0 Å². The Morgan fingerprint density at radius 2 is 2.30 bits per heavy atom. The van der Waals surface area contributed by atoms with Gasteiger partial charge in [0.2, 0.25) is 6.36 Å². The summed E-state index contributed by atoms with van der Waals surface area (Å²) in [6.45, 7) is 0. The zero-order chi connectivity index (χ0) is 7.61. The van der Waals surface area contributed by atoms with E-state index >= 15 is 0 Å². The second kappa shape index (κ2) is 2.67. The van der Waals surface area contributed by atoms with E-state index in [-0.39, 0.29) is 5.75 Å². The Hall–Kier alpha value is -0.420. The van der Waals surface area contributed by atoms with E-state index in [0.717, 1.165) is 6.08 Å². The molecule has 1 aliphatic rings. The zero-order valence-electron chi connectivity index (χ0n) is 5.16. The third-order valence-electron chi connectivity index (χ3n) is 1.06. The monoisotopic (exact) mass is 166 g/mol. The van der Waals surface area contributed by atoms with Gasteiger partial charge in [0, 0.05) is 0 Å². The molecule has 58 valence electrons. The smallest absolute Gasteiger partial charge is 0.229 e. The number of hydrogen-bond acceptors (Lipinski definition) is 3. The largest absolute Gasteiger partial charge is 0.270 e. The van der Waals surface area contributed by atoms with Crippen molar-refractivity contribution < 1.29 is 17.0 Å². The van der Waals surface area contributed by atoms with Crippen molar-refractivity contribution in [2.24, 2.45) is 0 Å². The van der Waals surface area contributed by atoms with Gasteiger partial charge in [-0.15, -0.1) is 0 Å². The van der Waals surface area contributed by atoms with Crippen molar-refractivity contribution in [2.45, 2.75) is 12.8 Å². The minimum Gasteiger partial charge on any atom is -0.229 e. The molecular weight excluding hydrogens is 159 g/mol. The maximum atomic E-state index is 12.3. The Labute approximate surface area is 58.6 Å². The summed E-state index contributed by atoms with van der Waals surface area (Å²) in [6.07, 6.45) is 1.06. The Balaban J connectivity index is 2.74. The predicted molar refractivity (Wildman–Crippen MR) is 33.5 cm³/mol. The first-order chi connectivity index (χ1) is 4.60. The number of rotatable bonds is 0. The van der Waals surface area contributed by atoms with Crippen molar-refractivity contribution >= 4 is 10.1 Å². The highest BCUT2D eigenvalue weighted by Gasteiger charge is 2.18. The molecule has 0 saturated carbocycles. The fourth-order valence-electron chi connectivity index (χ4n) is 0.636. The lowest BCUT2D eigenvalue weighted by molar-refractivity contribution is 0.123. The van der Waals surface area contributed by atoms with Crippen molar-refractivity contribution in [3.05, 3.63) is 12.2 Å². The predicted octanol–water partition coefficient (Wildman–Crippen LogP) is 0.588. The number of alkyl halides is 1. The molecule has 0 amide bonds. The molecule has 3 nitrogen and oxygen atoms in total. The number of hydrogen-bond donors (Lipinski definition) is 0. The molecule has 0 spiro atoms. The third-order valence-corrected chi connectivity index (χ3v) is 2.27. The van der Waals surface area contributed by atoms with Gasteiger partial charge in [-0.25, -0.2) is 8.57 Å². The second-order valence-electron chi connectivity index (χ2n) is 1.93. The standard InChI is InChI=1S/C5H7FO3S/c6-5-3-1-2-4-10(7,8)9-5/h1,3,5H,2,4H2. The summed E-state index contributed by atoms with van der Waals surface area (Å²) < 4.78 is 37.4. The van der Waals surface area contributed by atoms with E-state index in [2.05, 4.69) is 4.18 Å². The fraction of sp³-hybridized carbons (Fsp3) is 0.600. The molecule has 10 heavy (non-hydrogen) atoms. The molecule has 1 aliphatic heterocycles. The van der Waals surface area contributed by atoms with Gasteiger partial charge < -0.3 is 0 Å². The highest BCUT2D eigenvalue weighted by Crippen LogP contribution is 2.09. The molecule has 0 aromatic heterocycles. The normalized spacial score (nSPS) is 31.5. The van der Waals surface area contributed by atoms with Crippen LogP contribution in [-0.2, 0) is 14.3 Å². The molecular formula is C5H7FO3S. The van der Waals surface area contributed by atoms with Crippen LogP contribution in [0.25, 0.3) is 0 Å². The summed E-state index contributed by atoms with van der Waals surface area (Å²) in [5, 5.41) is 0. The lowest BCUT2D eigenvalue weighted by Gasteiger charge is -2.00. The first kappa shape index (κ1) is 7.68. The molecule has 0 N–H and O–H groups in total. The first-order valence-corrected chi connectivity index (χ1v) is 4.39. The Bertz CT molecular complexity index is 231. The van der Waals surface area contributed by atoms with Crippen LogP contribution in [0, 0.1) is 0 Å². The summed E-state index contributed by atoms with van der Waals surface area (Å²) >= 11 is 0. The van der Waals surface area contributed by atoms with Crippen LogP contribution in [0.3, 0.4) is 0 Å². The van der Waals surface area contributed by atoms with Crippen molar-refractivity contribution in [1.29, 1.82) is 0 Å². The molecule has 0 saturated heterocycles. The summed E-state index contributed by atoms with van der Waals surface area (Å²) in [4.78, 5) is 0. The Kier molecular flexibility index (Phi) is 2.05. The highest BCUT2D eigenvalue weighted by molar-refractivity contribution is 7.86. The van der Waals surface area contributed by atoms with Gasteiger partial charge in [-0.2, -0.15) is 8.42 Å². The van der Waals surface area contributed by atoms with Crippen molar-refractivity contribution in [3.63, 3.8) is 0 Å². The topological polar surface area (TPSA) is 43.4 Å². The minimum atomic E-state index is -3.61. The molecule has 1 unspecified atom stereocenters. The maximum Gasteiger partial charge on any atom is 0.270 e. The van der Waals surface area contributed by atoms with Crippen LogP contribution in [0.2, 0.25) is 0 Å². The van der Waals surface area contributed by atoms with Gasteiger partial charge in [-0.3, -0.25) is 0 Å². The number of halogens is 1. The van der Waals surface area contributed by atoms with Gasteiger partial charge in [0.05, 0.1) is 5.75 Å². The summed E-state index contributed by atoms with van der Waals surface area (Å²) in [7, 11) is -3.61. The van der Waals surface area contributed by atoms with E-state index in [1.54, 1.807) is 0 Å². The lowest BCUT2D eigenvalue weighted by atomic mass is 10.4. The zero-order valence-corrected chi connectivity index (χ0v) is 5.97. The van der Waals surface area contributed by atoms with Crippen molar-refractivity contribution in [3.8, 4) is 0 Å². The van der Waals surface area contributed by atoms with Gasteiger partial charge in [-0.1, -0.05) is 6.08 Å². The van der Waals surface area contributed by atoms with Crippen molar-refractivity contribution in [2.75, 3.05) is 5.75 Å². The van der Waals surface area contributed by atoms with Crippen molar-refractivity contribution in [1.82, 2.24) is 0 Å². The highest BCUT2D eigenvalue weighted by atomic mass is 32.2. The van der Waals surface area contributed by atoms with Crippen LogP contribution >= 0.6 is 0 Å². The first-order valence-electron chi connectivity index (χ1n) is 2.82. The fourth-order valence-corrected chi connectivity index (χ4v) is 1.50. The average Bonchev–Trinajstić information content (AvgIpc) is 1.90. The lowest BCUT2D eigenvalue weighted by Crippen LogP contribution is -2.12. The third kappa shape index (κ3) is 2.07. The van der Waals surface area contributed by atoms with Crippen LogP contribution in [0.4, 0.5) is 4.39 Å². The molecule has 1 atom stereocenters. The molecule has 0 fully saturated rings. The van der Waals surface area contributed by atoms with Gasteiger partial charge in [0.15, 0.2) is 0 Å². The second-order valence-corrected chi connectivity index (χ2v) is 3.64. The van der Waals surface area contributed by atoms with E-state index in [9.17, 15) is 12.8 Å². The van der Waals surface area contributed by atoms with E-state index in [1.165, 1.54) is 6.08 Å². The van der Waals surface area contributed by atoms with Gasteiger partial charge >= 0.3 is 0 Å². The molecule has 0 aliphatic carbocycles. The Morgan fingerprint density at radius 3 is 3.00 bits per heavy atom. The van der Waals surface area contributed by atoms with Crippen LogP contribution in [0.15, 0.2) is 12.2 Å². The van der Waals surface area contributed by atoms with Gasteiger partial charge in [0.1, 0.15) is 0 Å². The van der Waals surface area contributed by atoms with E-state index in [0.29, 0.717) is 6.42 Å². The van der Waals surface area contributed by atoms with Gasteiger partial charge in [0.25, 0.3) is 10.1 Å². The van der Waals surface area contributed by atoms with Gasteiger partial charge in [-0.05, 0) is 12.5 Å². The average molecular weight is 166 g/mol. The van der Waals surface area contributed by atoms with E-state index in [1.807, 2.05) is 0 Å². The molecule has 0 bridgehead atoms. The maximum absolute atomic E-state index is 12.3. The summed E-state index contributed by atoms with van der Waals surface area (Å²) in [6, 6.07) is 0. The molecule has 5 heteroatoms.